The third-order valence-electron chi connectivity index (χ3n) is 1.79. The summed E-state index contributed by atoms with van der Waals surface area (Å²) < 4.78 is 5.28. The van der Waals surface area contributed by atoms with E-state index in [1.807, 2.05) is 32.9 Å². The molecule has 0 N–H and O–H groups in total. The number of carbonyl (C=O) groups excluding carboxylic acids is 1. The molecule has 0 spiro atoms. The maximum atomic E-state index is 11.3. The summed E-state index contributed by atoms with van der Waals surface area (Å²) in [6, 6.07) is 3.73. The van der Waals surface area contributed by atoms with Gasteiger partial charge in [0.05, 0.1) is 6.42 Å². The van der Waals surface area contributed by atoms with Crippen LogP contribution in [-0.4, -0.2) is 5.78 Å². The topological polar surface area (TPSA) is 30.2 Å². The molecule has 1 aromatic heterocycles. The van der Waals surface area contributed by atoms with Crippen LogP contribution >= 0.6 is 0 Å². The van der Waals surface area contributed by atoms with Crippen molar-refractivity contribution in [3.63, 3.8) is 0 Å². The molecular formula is C10H14O2. The van der Waals surface area contributed by atoms with Gasteiger partial charge < -0.3 is 4.42 Å². The fourth-order valence-electron chi connectivity index (χ4n) is 0.956. The van der Waals surface area contributed by atoms with E-state index < -0.39 is 0 Å². The van der Waals surface area contributed by atoms with Crippen molar-refractivity contribution >= 4 is 5.78 Å². The molecule has 0 saturated carbocycles. The Hall–Kier alpha value is -1.05. The first-order valence-electron chi connectivity index (χ1n) is 4.17. The highest BCUT2D eigenvalue weighted by atomic mass is 16.3. The minimum absolute atomic E-state index is 0.0930. The summed E-state index contributed by atoms with van der Waals surface area (Å²) in [6.07, 6.45) is 0.422. The van der Waals surface area contributed by atoms with Gasteiger partial charge in [-0.25, -0.2) is 0 Å². The second-order valence-electron chi connectivity index (χ2n) is 3.31. The van der Waals surface area contributed by atoms with Gasteiger partial charge >= 0.3 is 0 Å². The van der Waals surface area contributed by atoms with E-state index in [1.165, 1.54) is 0 Å². The molecule has 0 bridgehead atoms. The molecule has 2 heteroatoms. The van der Waals surface area contributed by atoms with Crippen molar-refractivity contribution < 1.29 is 9.21 Å². The summed E-state index contributed by atoms with van der Waals surface area (Å²) in [7, 11) is 0. The molecule has 0 aliphatic carbocycles. The van der Waals surface area contributed by atoms with Crippen LogP contribution in [0.4, 0.5) is 0 Å². The van der Waals surface area contributed by atoms with Crippen LogP contribution in [0.15, 0.2) is 16.5 Å². The van der Waals surface area contributed by atoms with Gasteiger partial charge in [-0.3, -0.25) is 4.79 Å². The quantitative estimate of drug-likeness (QED) is 0.690. The fraction of sp³-hybridized carbons (Fsp3) is 0.500. The van der Waals surface area contributed by atoms with E-state index in [2.05, 4.69) is 0 Å². The molecule has 0 aromatic carbocycles. The predicted molar refractivity (Wildman–Crippen MR) is 47.0 cm³/mol. The summed E-state index contributed by atoms with van der Waals surface area (Å²) in [4.78, 5) is 11.3. The molecule has 12 heavy (non-hydrogen) atoms. The minimum atomic E-state index is 0.0930. The van der Waals surface area contributed by atoms with E-state index in [-0.39, 0.29) is 11.7 Å². The highest BCUT2D eigenvalue weighted by Crippen LogP contribution is 2.09. The van der Waals surface area contributed by atoms with Crippen LogP contribution in [0, 0.1) is 12.8 Å². The number of aryl methyl sites for hydroxylation is 1. The first-order chi connectivity index (χ1) is 5.59. The van der Waals surface area contributed by atoms with Crippen molar-refractivity contribution in [2.45, 2.75) is 27.2 Å². The monoisotopic (exact) mass is 166 g/mol. The zero-order valence-corrected chi connectivity index (χ0v) is 7.76. The zero-order valence-electron chi connectivity index (χ0n) is 7.76. The lowest BCUT2D eigenvalue weighted by Gasteiger charge is -2.00. The molecule has 0 aliphatic heterocycles. The molecule has 0 atom stereocenters. The Kier molecular flexibility index (Phi) is 2.69. The van der Waals surface area contributed by atoms with E-state index in [4.69, 9.17) is 4.42 Å². The van der Waals surface area contributed by atoms with Crippen LogP contribution in [0.25, 0.3) is 0 Å². The molecule has 0 amide bonds. The zero-order chi connectivity index (χ0) is 9.14. The van der Waals surface area contributed by atoms with Gasteiger partial charge in [-0.15, -0.1) is 0 Å². The maximum Gasteiger partial charge on any atom is 0.142 e. The Morgan fingerprint density at radius 2 is 2.17 bits per heavy atom. The highest BCUT2D eigenvalue weighted by molar-refractivity contribution is 5.82. The third-order valence-corrected chi connectivity index (χ3v) is 1.79. The Bertz CT molecular complexity index is 271. The Morgan fingerprint density at radius 3 is 2.58 bits per heavy atom. The van der Waals surface area contributed by atoms with Gasteiger partial charge in [-0.05, 0) is 19.1 Å². The van der Waals surface area contributed by atoms with Gasteiger partial charge in [0.25, 0.3) is 0 Å². The second kappa shape index (κ2) is 3.57. The fourth-order valence-corrected chi connectivity index (χ4v) is 0.956. The average Bonchev–Trinajstić information content (AvgIpc) is 2.35. The lowest BCUT2D eigenvalue weighted by Crippen LogP contribution is -2.09. The van der Waals surface area contributed by atoms with Crippen LogP contribution < -0.4 is 0 Å². The van der Waals surface area contributed by atoms with E-state index in [0.717, 1.165) is 11.5 Å². The number of hydrogen-bond acceptors (Lipinski definition) is 2. The van der Waals surface area contributed by atoms with Crippen LogP contribution in [0.5, 0.6) is 0 Å². The maximum absolute atomic E-state index is 11.3. The summed E-state index contributed by atoms with van der Waals surface area (Å²) in [5.74, 6) is 1.95. The van der Waals surface area contributed by atoms with Crippen LogP contribution in [0.1, 0.15) is 25.4 Å². The molecule has 1 rings (SSSR count). The summed E-state index contributed by atoms with van der Waals surface area (Å²) in [5, 5.41) is 0. The van der Waals surface area contributed by atoms with Gasteiger partial charge in [0, 0.05) is 5.92 Å². The second-order valence-corrected chi connectivity index (χ2v) is 3.31. The number of furan rings is 1. The molecule has 0 saturated heterocycles. The highest BCUT2D eigenvalue weighted by Gasteiger charge is 2.09. The third kappa shape index (κ3) is 2.22. The number of Topliss-reactive ketones (excluding diaryl/α,β-unsaturated/α-hetero) is 1. The van der Waals surface area contributed by atoms with Crippen LogP contribution in [0.3, 0.4) is 0 Å². The van der Waals surface area contributed by atoms with Gasteiger partial charge in [0.1, 0.15) is 17.3 Å². The standard InChI is InChI=1S/C10H14O2/c1-7(2)10(11)6-9-5-4-8(3)12-9/h4-5,7H,6H2,1-3H3. The van der Waals surface area contributed by atoms with Crippen molar-refractivity contribution in [1.82, 2.24) is 0 Å². The van der Waals surface area contributed by atoms with Gasteiger partial charge in [0.15, 0.2) is 0 Å². The lowest BCUT2D eigenvalue weighted by atomic mass is 10.1. The van der Waals surface area contributed by atoms with E-state index in [1.54, 1.807) is 0 Å². The molecule has 0 fully saturated rings. The summed E-state index contributed by atoms with van der Waals surface area (Å²) in [6.45, 7) is 5.68. The largest absolute Gasteiger partial charge is 0.466 e. The van der Waals surface area contributed by atoms with Crippen LogP contribution in [-0.2, 0) is 11.2 Å². The van der Waals surface area contributed by atoms with Gasteiger partial charge in [0.2, 0.25) is 0 Å². The van der Waals surface area contributed by atoms with Crippen molar-refractivity contribution in [2.24, 2.45) is 5.92 Å². The number of rotatable bonds is 3. The van der Waals surface area contributed by atoms with Gasteiger partial charge in [-0.1, -0.05) is 13.8 Å². The summed E-state index contributed by atoms with van der Waals surface area (Å²) >= 11 is 0. The Labute approximate surface area is 72.6 Å². The average molecular weight is 166 g/mol. The van der Waals surface area contributed by atoms with Crippen molar-refractivity contribution in [3.8, 4) is 0 Å². The minimum Gasteiger partial charge on any atom is -0.466 e. The number of ketones is 1. The van der Waals surface area contributed by atoms with Gasteiger partial charge in [-0.2, -0.15) is 0 Å². The lowest BCUT2D eigenvalue weighted by molar-refractivity contribution is -0.121. The first-order valence-corrected chi connectivity index (χ1v) is 4.17. The molecule has 1 aromatic rings. The molecule has 66 valence electrons. The molecular weight excluding hydrogens is 152 g/mol. The predicted octanol–water partition coefficient (Wildman–Crippen LogP) is 2.36. The number of carbonyl (C=O) groups is 1. The van der Waals surface area contributed by atoms with E-state index in [9.17, 15) is 4.79 Å². The molecule has 0 radical (unpaired) electrons. The molecule has 1 heterocycles. The normalized spacial score (nSPS) is 10.7. The van der Waals surface area contributed by atoms with E-state index in [0.29, 0.717) is 6.42 Å². The van der Waals surface area contributed by atoms with E-state index >= 15 is 0 Å². The molecule has 2 nitrogen and oxygen atoms in total. The number of hydrogen-bond donors (Lipinski definition) is 0. The Morgan fingerprint density at radius 1 is 1.50 bits per heavy atom. The molecule has 0 aliphatic rings. The van der Waals surface area contributed by atoms with Crippen molar-refractivity contribution in [3.05, 3.63) is 23.7 Å². The van der Waals surface area contributed by atoms with Crippen LogP contribution in [0.2, 0.25) is 0 Å². The van der Waals surface area contributed by atoms with Crippen molar-refractivity contribution in [1.29, 1.82) is 0 Å². The smallest absolute Gasteiger partial charge is 0.142 e. The Balaban J connectivity index is 2.58. The van der Waals surface area contributed by atoms with Crippen molar-refractivity contribution in [2.75, 3.05) is 0 Å². The SMILES string of the molecule is Cc1ccc(CC(=O)C(C)C)o1. The first kappa shape index (κ1) is 9.04. The summed E-state index contributed by atoms with van der Waals surface area (Å²) in [5.41, 5.74) is 0. The molecule has 0 unspecified atom stereocenters.